The number of amides is 1. The summed E-state index contributed by atoms with van der Waals surface area (Å²) in [6, 6.07) is 15.4. The number of nitrogens with zero attached hydrogens (tertiary/aromatic N) is 2. The Balaban J connectivity index is 2.00. The lowest BCUT2D eigenvalue weighted by molar-refractivity contribution is -0.132. The van der Waals surface area contributed by atoms with Crippen LogP contribution in [-0.2, 0) is 9.59 Å². The zero-order chi connectivity index (χ0) is 23.0. The molecule has 1 aliphatic rings. The average molecular weight is 428 g/mol. The first-order valence-corrected chi connectivity index (χ1v) is 10.3. The molecule has 1 atom stereocenters. The molecule has 0 saturated carbocycles. The highest BCUT2D eigenvalue weighted by atomic mass is 16.5. The minimum absolute atomic E-state index is 0.0169. The maximum Gasteiger partial charge on any atom is 0.300 e. The Morgan fingerprint density at radius 3 is 2.31 bits per heavy atom. The van der Waals surface area contributed by atoms with Crippen molar-refractivity contribution in [1.29, 1.82) is 0 Å². The fourth-order valence-electron chi connectivity index (χ4n) is 4.16. The minimum atomic E-state index is -0.873. The van der Waals surface area contributed by atoms with Gasteiger partial charge in [-0.25, -0.2) is 0 Å². The van der Waals surface area contributed by atoms with Gasteiger partial charge < -0.3 is 9.84 Å². The summed E-state index contributed by atoms with van der Waals surface area (Å²) < 4.78 is 5.41. The number of carbonyl (C=O) groups excluding carboxylic acids is 2. The molecule has 1 aliphatic heterocycles. The van der Waals surface area contributed by atoms with Gasteiger partial charge in [-0.2, -0.15) is 0 Å². The molecular weight excluding hydrogens is 404 g/mol. The minimum Gasteiger partial charge on any atom is -0.507 e. The zero-order valence-electron chi connectivity index (χ0n) is 18.4. The van der Waals surface area contributed by atoms with Crippen LogP contribution in [0.5, 0.6) is 5.75 Å². The van der Waals surface area contributed by atoms with E-state index in [0.29, 0.717) is 22.7 Å². The van der Waals surface area contributed by atoms with Crippen molar-refractivity contribution in [2.24, 2.45) is 0 Å². The molecule has 2 aromatic carbocycles. The standard InChI is InChI=1S/C26H24N2O4/c1-15-8-9-21(32-4)19(14-15)24(29)22-23(20-7-5-6-10-27-20)28(26(31)25(22)30)18-12-16(2)11-17(3)13-18/h5-14,23,29H,1-4H3/b24-22+. The number of benzene rings is 2. The van der Waals surface area contributed by atoms with Gasteiger partial charge in [-0.3, -0.25) is 19.5 Å². The Hall–Kier alpha value is -3.93. The second-order valence-corrected chi connectivity index (χ2v) is 7.97. The van der Waals surface area contributed by atoms with Gasteiger partial charge in [0.1, 0.15) is 17.6 Å². The summed E-state index contributed by atoms with van der Waals surface area (Å²) in [4.78, 5) is 32.3. The molecule has 1 saturated heterocycles. The lowest BCUT2D eigenvalue weighted by atomic mass is 9.97. The van der Waals surface area contributed by atoms with Crippen LogP contribution in [0.4, 0.5) is 5.69 Å². The van der Waals surface area contributed by atoms with Crippen molar-refractivity contribution in [3.8, 4) is 5.75 Å². The van der Waals surface area contributed by atoms with E-state index in [9.17, 15) is 14.7 Å². The molecule has 1 N–H and O–H groups in total. The van der Waals surface area contributed by atoms with Crippen LogP contribution in [0.1, 0.15) is 34.0 Å². The predicted octanol–water partition coefficient (Wildman–Crippen LogP) is 4.64. The van der Waals surface area contributed by atoms with Crippen LogP contribution in [0.3, 0.4) is 0 Å². The Morgan fingerprint density at radius 2 is 1.69 bits per heavy atom. The van der Waals surface area contributed by atoms with Gasteiger partial charge in [0.2, 0.25) is 0 Å². The summed E-state index contributed by atoms with van der Waals surface area (Å²) in [5, 5.41) is 11.3. The number of Topliss-reactive ketones (excluding diaryl/α,β-unsaturated/α-hetero) is 1. The van der Waals surface area contributed by atoms with Gasteiger partial charge in [-0.15, -0.1) is 0 Å². The third-order valence-electron chi connectivity index (χ3n) is 5.51. The summed E-state index contributed by atoms with van der Waals surface area (Å²) >= 11 is 0. The molecule has 162 valence electrons. The van der Waals surface area contributed by atoms with E-state index in [2.05, 4.69) is 4.98 Å². The van der Waals surface area contributed by atoms with Crippen molar-refractivity contribution in [1.82, 2.24) is 4.98 Å². The van der Waals surface area contributed by atoms with E-state index in [4.69, 9.17) is 4.74 Å². The molecule has 3 aromatic rings. The average Bonchev–Trinajstić information content (AvgIpc) is 3.04. The lowest BCUT2D eigenvalue weighted by Crippen LogP contribution is -2.30. The Kier molecular flexibility index (Phi) is 5.53. The van der Waals surface area contributed by atoms with Crippen LogP contribution >= 0.6 is 0 Å². The Bertz CT molecular complexity index is 1230. The van der Waals surface area contributed by atoms with Gasteiger partial charge >= 0.3 is 0 Å². The van der Waals surface area contributed by atoms with E-state index in [1.54, 1.807) is 36.5 Å². The van der Waals surface area contributed by atoms with Crippen LogP contribution < -0.4 is 9.64 Å². The van der Waals surface area contributed by atoms with Gasteiger partial charge in [-0.05, 0) is 68.3 Å². The number of methoxy groups -OCH3 is 1. The number of rotatable bonds is 4. The summed E-state index contributed by atoms with van der Waals surface area (Å²) in [6.07, 6.45) is 1.60. The van der Waals surface area contributed by atoms with Crippen LogP contribution in [0.15, 0.2) is 66.4 Å². The number of aryl methyl sites for hydroxylation is 3. The first-order chi connectivity index (χ1) is 15.3. The van der Waals surface area contributed by atoms with Crippen molar-refractivity contribution in [2.75, 3.05) is 12.0 Å². The largest absolute Gasteiger partial charge is 0.507 e. The molecule has 4 rings (SSSR count). The smallest absolute Gasteiger partial charge is 0.300 e. The molecule has 1 aromatic heterocycles. The zero-order valence-corrected chi connectivity index (χ0v) is 18.4. The number of anilines is 1. The van der Waals surface area contributed by atoms with Gasteiger partial charge in [0.05, 0.1) is 23.9 Å². The molecule has 6 nitrogen and oxygen atoms in total. The van der Waals surface area contributed by atoms with E-state index in [1.807, 2.05) is 45.0 Å². The highest BCUT2D eigenvalue weighted by Crippen LogP contribution is 2.43. The van der Waals surface area contributed by atoms with Gasteiger partial charge in [0.25, 0.3) is 11.7 Å². The summed E-state index contributed by atoms with van der Waals surface area (Å²) in [6.45, 7) is 5.74. The molecule has 0 spiro atoms. The van der Waals surface area contributed by atoms with Crippen LogP contribution in [0.2, 0.25) is 0 Å². The molecule has 2 heterocycles. The molecule has 32 heavy (non-hydrogen) atoms. The van der Waals surface area contributed by atoms with Gasteiger partial charge in [-0.1, -0.05) is 23.8 Å². The molecule has 1 fully saturated rings. The SMILES string of the molecule is COc1ccc(C)cc1/C(O)=C1\C(=O)C(=O)N(c2cc(C)cc(C)c2)C1c1ccccn1. The summed E-state index contributed by atoms with van der Waals surface area (Å²) in [7, 11) is 1.49. The van der Waals surface area contributed by atoms with Crippen LogP contribution in [0, 0.1) is 20.8 Å². The first-order valence-electron chi connectivity index (χ1n) is 10.3. The monoisotopic (exact) mass is 428 g/mol. The van der Waals surface area contributed by atoms with E-state index in [1.165, 1.54) is 12.0 Å². The van der Waals surface area contributed by atoms with Gasteiger partial charge in [0.15, 0.2) is 0 Å². The number of hydrogen-bond acceptors (Lipinski definition) is 5. The van der Waals surface area contributed by atoms with Crippen molar-refractivity contribution in [3.63, 3.8) is 0 Å². The van der Waals surface area contributed by atoms with Gasteiger partial charge in [0, 0.05) is 11.9 Å². The van der Waals surface area contributed by atoms with Crippen molar-refractivity contribution >= 4 is 23.1 Å². The number of ether oxygens (including phenoxy) is 1. The number of ketones is 1. The molecule has 1 unspecified atom stereocenters. The second-order valence-electron chi connectivity index (χ2n) is 7.97. The highest BCUT2D eigenvalue weighted by Gasteiger charge is 2.48. The third kappa shape index (κ3) is 3.64. The fourth-order valence-corrected chi connectivity index (χ4v) is 4.16. The molecule has 0 bridgehead atoms. The van der Waals surface area contributed by atoms with Crippen molar-refractivity contribution < 1.29 is 19.4 Å². The molecule has 6 heteroatoms. The van der Waals surface area contributed by atoms with E-state index >= 15 is 0 Å². The topological polar surface area (TPSA) is 79.7 Å². The number of aliphatic hydroxyl groups excluding tert-OH is 1. The van der Waals surface area contributed by atoms with E-state index in [0.717, 1.165) is 16.7 Å². The molecule has 0 aliphatic carbocycles. The fraction of sp³-hybridized carbons (Fsp3) is 0.192. The van der Waals surface area contributed by atoms with Crippen molar-refractivity contribution in [2.45, 2.75) is 26.8 Å². The third-order valence-corrected chi connectivity index (χ3v) is 5.51. The predicted molar refractivity (Wildman–Crippen MR) is 123 cm³/mol. The first kappa shape index (κ1) is 21.3. The molecule has 1 amide bonds. The quantitative estimate of drug-likeness (QED) is 0.372. The number of aliphatic hydroxyl groups is 1. The summed E-state index contributed by atoms with van der Waals surface area (Å²) in [5.74, 6) is -1.35. The number of hydrogen-bond donors (Lipinski definition) is 1. The lowest BCUT2D eigenvalue weighted by Gasteiger charge is -2.25. The van der Waals surface area contributed by atoms with Crippen LogP contribution in [0.25, 0.3) is 5.76 Å². The highest BCUT2D eigenvalue weighted by molar-refractivity contribution is 6.51. The molecule has 0 radical (unpaired) electrons. The maximum atomic E-state index is 13.3. The van der Waals surface area contributed by atoms with E-state index < -0.39 is 17.7 Å². The van der Waals surface area contributed by atoms with Crippen LogP contribution in [-0.4, -0.2) is 28.9 Å². The second kappa shape index (κ2) is 8.30. The Labute approximate surface area is 186 Å². The Morgan fingerprint density at radius 1 is 0.969 bits per heavy atom. The maximum absolute atomic E-state index is 13.3. The number of pyridine rings is 1. The molecular formula is C26H24N2O4. The normalized spacial score (nSPS) is 17.6. The van der Waals surface area contributed by atoms with E-state index in [-0.39, 0.29) is 11.3 Å². The number of carbonyl (C=O) groups is 2. The summed E-state index contributed by atoms with van der Waals surface area (Å²) in [5.41, 5.74) is 4.20. The van der Waals surface area contributed by atoms with Crippen molar-refractivity contribution in [3.05, 3.63) is 94.3 Å². The number of aromatic nitrogens is 1.